The van der Waals surface area contributed by atoms with Gasteiger partial charge in [0, 0.05) is 12.8 Å². The number of nitrogens with one attached hydrogen (secondary N) is 3. The smallest absolute Gasteiger partial charge is 0.326 e. The van der Waals surface area contributed by atoms with E-state index in [9.17, 15) is 29.4 Å². The Kier molecular flexibility index (Phi) is 10.2. The molecule has 0 spiro atoms. The van der Waals surface area contributed by atoms with Gasteiger partial charge >= 0.3 is 5.97 Å². The fourth-order valence-electron chi connectivity index (χ4n) is 3.16. The highest BCUT2D eigenvalue weighted by atomic mass is 16.4. The summed E-state index contributed by atoms with van der Waals surface area (Å²) in [4.78, 5) is 49.4. The number of amides is 3. The molecular weight excluding hydrogens is 456 g/mol. The van der Waals surface area contributed by atoms with E-state index in [1.165, 1.54) is 31.2 Å². The van der Waals surface area contributed by atoms with Crippen molar-refractivity contribution in [3.05, 3.63) is 65.7 Å². The first-order valence-corrected chi connectivity index (χ1v) is 10.9. The van der Waals surface area contributed by atoms with Gasteiger partial charge in [0.15, 0.2) is 0 Å². The molecule has 2 aromatic rings. The first-order chi connectivity index (χ1) is 16.6. The van der Waals surface area contributed by atoms with Crippen LogP contribution >= 0.6 is 0 Å². The number of carbonyl (C=O) groups excluding carboxylic acids is 3. The lowest BCUT2D eigenvalue weighted by Gasteiger charge is -2.23. The number of phenolic OH excluding ortho intramolecular Hbond substituents is 1. The molecule has 4 atom stereocenters. The topological polar surface area (TPSA) is 191 Å². The lowest BCUT2D eigenvalue weighted by Crippen LogP contribution is -2.57. The minimum atomic E-state index is -1.27. The maximum Gasteiger partial charge on any atom is 0.326 e. The molecule has 3 amide bonds. The molecule has 0 unspecified atom stereocenters. The van der Waals surface area contributed by atoms with Crippen molar-refractivity contribution in [2.24, 2.45) is 5.73 Å². The second-order valence-electron chi connectivity index (χ2n) is 8.04. The van der Waals surface area contributed by atoms with Gasteiger partial charge in [0.05, 0.1) is 6.61 Å². The largest absolute Gasteiger partial charge is 0.508 e. The number of benzene rings is 2. The van der Waals surface area contributed by atoms with E-state index < -0.39 is 54.5 Å². The minimum Gasteiger partial charge on any atom is -0.508 e. The zero-order chi connectivity index (χ0) is 26.0. The summed E-state index contributed by atoms with van der Waals surface area (Å²) in [5.74, 6) is -3.39. The molecular formula is C24H30N4O7. The molecule has 11 nitrogen and oxygen atoms in total. The number of aliphatic carboxylic acids is 1. The standard InChI is InChI=1S/C24H30N4O7/c1-14(21(31)28-20(24(34)35)12-16-7-9-17(30)10-8-16)26-23(33)19(27-22(32)18(25)13-29)11-15-5-3-2-4-6-15/h2-10,14,18-20,29-30H,11-13,25H2,1H3,(H,26,33)(H,27,32)(H,28,31)(H,34,35)/t14-,18-,19-,20-/m0/s1. The van der Waals surface area contributed by atoms with E-state index in [1.54, 1.807) is 30.3 Å². The first kappa shape index (κ1) is 27.3. The number of aliphatic hydroxyl groups is 1. The third-order valence-electron chi connectivity index (χ3n) is 5.19. The summed E-state index contributed by atoms with van der Waals surface area (Å²) in [6.45, 7) is 0.773. The molecule has 0 aliphatic carbocycles. The van der Waals surface area contributed by atoms with E-state index in [0.29, 0.717) is 5.56 Å². The van der Waals surface area contributed by atoms with Gasteiger partial charge in [-0.2, -0.15) is 0 Å². The van der Waals surface area contributed by atoms with Gasteiger partial charge in [-0.15, -0.1) is 0 Å². The molecule has 0 aliphatic heterocycles. The Labute approximate surface area is 202 Å². The molecule has 0 saturated carbocycles. The van der Waals surface area contributed by atoms with Gasteiger partial charge in [-0.3, -0.25) is 14.4 Å². The minimum absolute atomic E-state index is 0.0260. The Hall–Kier alpha value is -3.96. The summed E-state index contributed by atoms with van der Waals surface area (Å²) in [5.41, 5.74) is 6.86. The SMILES string of the molecule is C[C@H](NC(=O)[C@H](Cc1ccccc1)NC(=O)[C@@H](N)CO)C(=O)N[C@@H](Cc1ccc(O)cc1)C(=O)O. The van der Waals surface area contributed by atoms with Crippen molar-refractivity contribution in [3.63, 3.8) is 0 Å². The molecule has 35 heavy (non-hydrogen) atoms. The molecule has 0 fully saturated rings. The zero-order valence-corrected chi connectivity index (χ0v) is 19.2. The van der Waals surface area contributed by atoms with Crippen molar-refractivity contribution >= 4 is 23.7 Å². The van der Waals surface area contributed by atoms with Crippen LogP contribution in [0.5, 0.6) is 5.75 Å². The van der Waals surface area contributed by atoms with Crippen molar-refractivity contribution in [2.75, 3.05) is 6.61 Å². The van der Waals surface area contributed by atoms with Crippen LogP contribution in [0.3, 0.4) is 0 Å². The van der Waals surface area contributed by atoms with Gasteiger partial charge < -0.3 is 37.0 Å². The van der Waals surface area contributed by atoms with Crippen LogP contribution < -0.4 is 21.7 Å². The van der Waals surface area contributed by atoms with Gasteiger partial charge in [0.1, 0.15) is 29.9 Å². The van der Waals surface area contributed by atoms with E-state index in [4.69, 9.17) is 10.8 Å². The average Bonchev–Trinajstić information content (AvgIpc) is 2.84. The van der Waals surface area contributed by atoms with Gasteiger partial charge in [-0.25, -0.2) is 4.79 Å². The number of carbonyl (C=O) groups is 4. The molecule has 0 saturated heterocycles. The van der Waals surface area contributed by atoms with E-state index in [0.717, 1.165) is 5.56 Å². The molecule has 8 N–H and O–H groups in total. The summed E-state index contributed by atoms with van der Waals surface area (Å²) < 4.78 is 0. The molecule has 188 valence electrons. The highest BCUT2D eigenvalue weighted by Crippen LogP contribution is 2.11. The van der Waals surface area contributed by atoms with Crippen LogP contribution in [0.2, 0.25) is 0 Å². The number of hydrogen-bond acceptors (Lipinski definition) is 7. The normalized spacial score (nSPS) is 14.1. The van der Waals surface area contributed by atoms with Crippen LogP contribution in [0.4, 0.5) is 0 Å². The lowest BCUT2D eigenvalue weighted by molar-refractivity contribution is -0.142. The Balaban J connectivity index is 2.06. The summed E-state index contributed by atoms with van der Waals surface area (Å²) in [6, 6.07) is 10.0. The molecule has 0 bridgehead atoms. The quantitative estimate of drug-likeness (QED) is 0.200. The van der Waals surface area contributed by atoms with Crippen molar-refractivity contribution in [1.82, 2.24) is 16.0 Å². The highest BCUT2D eigenvalue weighted by Gasteiger charge is 2.28. The van der Waals surface area contributed by atoms with Gasteiger partial charge in [0.2, 0.25) is 17.7 Å². The Morgan fingerprint density at radius 3 is 1.91 bits per heavy atom. The third kappa shape index (κ3) is 8.72. The summed E-state index contributed by atoms with van der Waals surface area (Å²) in [6.07, 6.45) is 0.0667. The molecule has 2 rings (SSSR count). The van der Waals surface area contributed by atoms with Crippen LogP contribution in [0.1, 0.15) is 18.1 Å². The van der Waals surface area contributed by atoms with Crippen LogP contribution in [-0.4, -0.2) is 69.8 Å². The third-order valence-corrected chi connectivity index (χ3v) is 5.19. The first-order valence-electron chi connectivity index (χ1n) is 10.9. The average molecular weight is 487 g/mol. The number of phenols is 1. The van der Waals surface area contributed by atoms with E-state index in [1.807, 2.05) is 0 Å². The monoisotopic (exact) mass is 486 g/mol. The van der Waals surface area contributed by atoms with Crippen LogP contribution in [0.25, 0.3) is 0 Å². The predicted molar refractivity (Wildman–Crippen MR) is 126 cm³/mol. The molecule has 0 heterocycles. The van der Waals surface area contributed by atoms with Crippen molar-refractivity contribution in [2.45, 2.75) is 43.9 Å². The molecule has 11 heteroatoms. The van der Waals surface area contributed by atoms with Crippen LogP contribution in [0.15, 0.2) is 54.6 Å². The number of aromatic hydroxyl groups is 1. The van der Waals surface area contributed by atoms with E-state index in [-0.39, 0.29) is 18.6 Å². The van der Waals surface area contributed by atoms with Crippen LogP contribution in [-0.2, 0) is 32.0 Å². The predicted octanol–water partition coefficient (Wildman–Crippen LogP) is -0.944. The fraction of sp³-hybridized carbons (Fsp3) is 0.333. The Bertz CT molecular complexity index is 1010. The molecule has 0 aliphatic rings. The van der Waals surface area contributed by atoms with Crippen LogP contribution in [0, 0.1) is 0 Å². The fourth-order valence-corrected chi connectivity index (χ4v) is 3.16. The molecule has 2 aromatic carbocycles. The maximum atomic E-state index is 12.9. The van der Waals surface area contributed by atoms with Gasteiger partial charge in [-0.1, -0.05) is 42.5 Å². The number of nitrogens with two attached hydrogens (primary N) is 1. The number of carboxylic acids is 1. The Morgan fingerprint density at radius 1 is 0.800 bits per heavy atom. The number of rotatable bonds is 12. The number of carboxylic acid groups (broad SMARTS) is 1. The van der Waals surface area contributed by atoms with E-state index in [2.05, 4.69) is 16.0 Å². The second kappa shape index (κ2) is 13.1. The van der Waals surface area contributed by atoms with Crippen molar-refractivity contribution in [1.29, 1.82) is 0 Å². The summed E-state index contributed by atoms with van der Waals surface area (Å²) >= 11 is 0. The highest BCUT2D eigenvalue weighted by molar-refractivity contribution is 5.94. The summed E-state index contributed by atoms with van der Waals surface area (Å²) in [5, 5.41) is 35.3. The van der Waals surface area contributed by atoms with Crippen molar-refractivity contribution < 1.29 is 34.5 Å². The molecule has 0 radical (unpaired) electrons. The van der Waals surface area contributed by atoms with Gasteiger partial charge in [-0.05, 0) is 30.2 Å². The zero-order valence-electron chi connectivity index (χ0n) is 19.2. The lowest BCUT2D eigenvalue weighted by atomic mass is 10.0. The second-order valence-corrected chi connectivity index (χ2v) is 8.04. The van der Waals surface area contributed by atoms with Crippen molar-refractivity contribution in [3.8, 4) is 5.75 Å². The maximum absolute atomic E-state index is 12.9. The van der Waals surface area contributed by atoms with E-state index >= 15 is 0 Å². The number of aliphatic hydroxyl groups excluding tert-OH is 1. The van der Waals surface area contributed by atoms with Gasteiger partial charge in [0.25, 0.3) is 0 Å². The number of hydrogen-bond donors (Lipinski definition) is 7. The Morgan fingerprint density at radius 2 is 1.34 bits per heavy atom. The summed E-state index contributed by atoms with van der Waals surface area (Å²) in [7, 11) is 0. The molecule has 0 aromatic heterocycles.